The Morgan fingerprint density at radius 1 is 1.17 bits per heavy atom. The second kappa shape index (κ2) is 6.10. The van der Waals surface area contributed by atoms with Crippen LogP contribution < -0.4 is 0 Å². The van der Waals surface area contributed by atoms with Gasteiger partial charge in [0.05, 0.1) is 13.7 Å². The molecule has 0 aromatic rings. The van der Waals surface area contributed by atoms with Crippen molar-refractivity contribution in [3.63, 3.8) is 0 Å². The molecule has 132 valence electrons. The number of rotatable bonds is 2. The average Bonchev–Trinajstić information content (AvgIpc) is 2.74. The topological polar surface area (TPSA) is 54.0 Å². The van der Waals surface area contributed by atoms with Crippen LogP contribution in [0.2, 0.25) is 0 Å². The Morgan fingerprint density at radius 2 is 1.83 bits per heavy atom. The molecule has 1 atom stereocenters. The first-order valence-electron chi connectivity index (χ1n) is 9.06. The largest absolute Gasteiger partial charge is 0.466 e. The Morgan fingerprint density at radius 3 is 2.46 bits per heavy atom. The van der Waals surface area contributed by atoms with Crippen LogP contribution >= 0.6 is 0 Å². The summed E-state index contributed by atoms with van der Waals surface area (Å²) in [5.74, 6) is 3.21. The lowest BCUT2D eigenvalue weighted by Crippen LogP contribution is -2.41. The molecule has 4 saturated carbocycles. The van der Waals surface area contributed by atoms with E-state index in [-0.39, 0.29) is 0 Å². The summed E-state index contributed by atoms with van der Waals surface area (Å²) in [5, 5.41) is 0. The van der Waals surface area contributed by atoms with Crippen LogP contribution in [-0.2, 0) is 24.0 Å². The van der Waals surface area contributed by atoms with Gasteiger partial charge in [-0.15, -0.1) is 0 Å². The maximum atomic E-state index is 11.3. The number of allylic oxidation sites excluding steroid dienone is 1. The molecule has 5 fully saturated rings. The van der Waals surface area contributed by atoms with Gasteiger partial charge in [0.25, 0.3) is 0 Å². The highest BCUT2D eigenvalue weighted by Crippen LogP contribution is 2.57. The molecule has 0 aromatic carbocycles. The predicted octanol–water partition coefficient (Wildman–Crippen LogP) is 3.51. The fourth-order valence-electron chi connectivity index (χ4n) is 5.13. The normalized spacial score (nSPS) is 41.1. The minimum absolute atomic E-state index is 0.399. The molecule has 4 bridgehead atoms. The summed E-state index contributed by atoms with van der Waals surface area (Å²) < 4.78 is 10.6. The van der Waals surface area contributed by atoms with Gasteiger partial charge in [0.15, 0.2) is 0 Å². The number of esters is 1. The van der Waals surface area contributed by atoms with Crippen LogP contribution in [0.25, 0.3) is 0 Å². The predicted molar refractivity (Wildman–Crippen MR) is 86.4 cm³/mol. The molecule has 4 aliphatic carbocycles. The first-order chi connectivity index (χ1) is 11.6. The molecule has 5 heteroatoms. The van der Waals surface area contributed by atoms with Crippen LogP contribution in [0.4, 0.5) is 0 Å². The van der Waals surface area contributed by atoms with Crippen molar-refractivity contribution in [2.75, 3.05) is 13.7 Å². The Kier molecular flexibility index (Phi) is 4.07. The monoisotopic (exact) mass is 334 g/mol. The molecule has 0 aromatic heterocycles. The number of ether oxygens (including phenoxy) is 2. The first-order valence-corrected chi connectivity index (χ1v) is 9.06. The van der Waals surface area contributed by atoms with E-state index < -0.39 is 11.6 Å². The maximum absolute atomic E-state index is 11.3. The van der Waals surface area contributed by atoms with E-state index in [1.807, 2.05) is 6.92 Å². The van der Waals surface area contributed by atoms with Gasteiger partial charge in [-0.3, -0.25) is 4.89 Å². The highest BCUT2D eigenvalue weighted by molar-refractivity contribution is 5.81. The van der Waals surface area contributed by atoms with Gasteiger partial charge in [0.1, 0.15) is 5.60 Å². The fraction of sp³-hybridized carbons (Fsp3) is 0.737. The lowest BCUT2D eigenvalue weighted by molar-refractivity contribution is -0.327. The number of carbonyl (C=O) groups is 1. The second-order valence-electron chi connectivity index (χ2n) is 7.98. The summed E-state index contributed by atoms with van der Waals surface area (Å²) in [6, 6.07) is 0. The van der Waals surface area contributed by atoms with E-state index in [0.717, 1.165) is 11.8 Å². The summed E-state index contributed by atoms with van der Waals surface area (Å²) in [7, 11) is 1.36. The zero-order valence-corrected chi connectivity index (χ0v) is 14.5. The van der Waals surface area contributed by atoms with E-state index >= 15 is 0 Å². The lowest BCUT2D eigenvalue weighted by atomic mass is 9.54. The zero-order valence-electron chi connectivity index (χ0n) is 14.5. The van der Waals surface area contributed by atoms with Crippen molar-refractivity contribution >= 4 is 5.97 Å². The van der Waals surface area contributed by atoms with Gasteiger partial charge in [-0.25, -0.2) is 4.79 Å². The van der Waals surface area contributed by atoms with Gasteiger partial charge < -0.3 is 9.47 Å². The van der Waals surface area contributed by atoms with Crippen LogP contribution in [-0.4, -0.2) is 25.3 Å². The molecule has 1 unspecified atom stereocenters. The van der Waals surface area contributed by atoms with Crippen LogP contribution in [0, 0.1) is 23.7 Å². The summed E-state index contributed by atoms with van der Waals surface area (Å²) in [4.78, 5) is 22.7. The zero-order chi connectivity index (χ0) is 16.7. The van der Waals surface area contributed by atoms with Gasteiger partial charge in [0.2, 0.25) is 0 Å². The Bertz CT molecular complexity index is 548. The molecule has 0 spiro atoms. The summed E-state index contributed by atoms with van der Waals surface area (Å²) in [6.07, 6.45) is 10.2. The van der Waals surface area contributed by atoms with Crippen LogP contribution in [0.1, 0.15) is 45.4 Å². The van der Waals surface area contributed by atoms with E-state index in [1.54, 1.807) is 6.08 Å². The third kappa shape index (κ3) is 2.94. The lowest BCUT2D eigenvalue weighted by Gasteiger charge is -2.51. The molecule has 24 heavy (non-hydrogen) atoms. The number of methoxy groups -OCH3 is 1. The molecule has 1 heterocycles. The Hall–Kier alpha value is -1.49. The number of hydrogen-bond donors (Lipinski definition) is 0. The Labute approximate surface area is 142 Å². The number of carbonyl (C=O) groups excluding carboxylic acids is 1. The van der Waals surface area contributed by atoms with Crippen LogP contribution in [0.15, 0.2) is 23.7 Å². The Balaban J connectivity index is 1.50. The smallest absolute Gasteiger partial charge is 0.330 e. The molecule has 0 radical (unpaired) electrons. The van der Waals surface area contributed by atoms with E-state index in [1.165, 1.54) is 50.9 Å². The third-order valence-corrected chi connectivity index (χ3v) is 6.17. The highest BCUT2D eigenvalue weighted by Gasteiger charge is 2.48. The van der Waals surface area contributed by atoms with Gasteiger partial charge in [0, 0.05) is 18.1 Å². The first kappa shape index (κ1) is 16.0. The van der Waals surface area contributed by atoms with Crippen molar-refractivity contribution < 1.29 is 24.0 Å². The van der Waals surface area contributed by atoms with Gasteiger partial charge >= 0.3 is 11.9 Å². The van der Waals surface area contributed by atoms with Crippen LogP contribution in [0.3, 0.4) is 0 Å². The minimum Gasteiger partial charge on any atom is -0.466 e. The summed E-state index contributed by atoms with van der Waals surface area (Å²) in [5.41, 5.74) is 0.658. The van der Waals surface area contributed by atoms with Crippen molar-refractivity contribution in [2.24, 2.45) is 23.7 Å². The molecule has 5 rings (SSSR count). The third-order valence-electron chi connectivity index (χ3n) is 6.17. The van der Waals surface area contributed by atoms with E-state index in [0.29, 0.717) is 30.8 Å². The van der Waals surface area contributed by atoms with Crippen molar-refractivity contribution in [1.82, 2.24) is 0 Å². The van der Waals surface area contributed by atoms with Gasteiger partial charge in [-0.1, -0.05) is 0 Å². The van der Waals surface area contributed by atoms with Gasteiger partial charge in [-0.05, 0) is 68.8 Å². The molecule has 0 amide bonds. The van der Waals surface area contributed by atoms with E-state index in [2.05, 4.69) is 4.74 Å². The fourth-order valence-corrected chi connectivity index (χ4v) is 5.13. The molecule has 0 N–H and O–H groups in total. The molecular weight excluding hydrogens is 308 g/mol. The van der Waals surface area contributed by atoms with Crippen LogP contribution in [0.5, 0.6) is 0 Å². The SMILES string of the molecule is COC(=O)/C=C/C1(C)CCOC(=C2C3CC4CC(C3)CC2C4)OO1. The van der Waals surface area contributed by atoms with Crippen molar-refractivity contribution in [1.29, 1.82) is 0 Å². The number of hydrogen-bond acceptors (Lipinski definition) is 5. The van der Waals surface area contributed by atoms with E-state index in [9.17, 15) is 4.79 Å². The standard InChI is InChI=1S/C19H26O5/c1-19(4-3-16(20)21-2)5-6-22-18(23-24-19)17-14-8-12-7-13(10-14)11-15(17)9-12/h3-4,12-15H,5-11H2,1-2H3/b4-3+,18-17?. The van der Waals surface area contributed by atoms with Crippen molar-refractivity contribution in [3.05, 3.63) is 23.7 Å². The minimum atomic E-state index is -0.692. The maximum Gasteiger partial charge on any atom is 0.330 e. The molecule has 1 saturated heterocycles. The summed E-state index contributed by atoms with van der Waals surface area (Å²) >= 11 is 0. The second-order valence-corrected chi connectivity index (χ2v) is 7.98. The van der Waals surface area contributed by atoms with Crippen molar-refractivity contribution in [2.45, 2.75) is 51.0 Å². The molecule has 5 nitrogen and oxygen atoms in total. The summed E-state index contributed by atoms with van der Waals surface area (Å²) in [6.45, 7) is 2.41. The molecule has 1 aliphatic heterocycles. The molecule has 5 aliphatic rings. The quantitative estimate of drug-likeness (QED) is 0.439. The average molecular weight is 334 g/mol. The van der Waals surface area contributed by atoms with E-state index in [4.69, 9.17) is 14.5 Å². The highest BCUT2D eigenvalue weighted by atomic mass is 17.2. The molecular formula is C19H26O5. The van der Waals surface area contributed by atoms with Crippen molar-refractivity contribution in [3.8, 4) is 0 Å². The van der Waals surface area contributed by atoms with Gasteiger partial charge in [-0.2, -0.15) is 4.89 Å².